The summed E-state index contributed by atoms with van der Waals surface area (Å²) in [5.74, 6) is 0.614. The number of hydrogen-bond acceptors (Lipinski definition) is 2. The summed E-state index contributed by atoms with van der Waals surface area (Å²) in [6, 6.07) is 6.11. The Labute approximate surface area is 126 Å². The topological polar surface area (TPSA) is 32.3 Å². The Bertz CT molecular complexity index is 487. The highest BCUT2D eigenvalue weighted by Gasteiger charge is 2.21. The highest BCUT2D eigenvalue weighted by molar-refractivity contribution is 6.34. The Kier molecular flexibility index (Phi) is 4.92. The summed E-state index contributed by atoms with van der Waals surface area (Å²) in [6.07, 6.45) is 5.07. The van der Waals surface area contributed by atoms with Crippen LogP contribution in [0.4, 0.5) is 5.69 Å². The van der Waals surface area contributed by atoms with Gasteiger partial charge in [-0.2, -0.15) is 0 Å². The summed E-state index contributed by atoms with van der Waals surface area (Å²) in [5.41, 5.74) is 1.54. The predicted molar refractivity (Wildman–Crippen MR) is 84.5 cm³/mol. The molecule has 0 aromatic heterocycles. The van der Waals surface area contributed by atoms with Crippen LogP contribution in [0, 0.1) is 5.92 Å². The van der Waals surface area contributed by atoms with Crippen LogP contribution in [-0.2, 0) is 0 Å². The Balaban J connectivity index is 2.16. The number of rotatable bonds is 3. The number of carbonyl (C=O) groups is 1. The maximum Gasteiger partial charge on any atom is 0.254 e. The normalized spacial score (nSPS) is 22.4. The SMILES string of the molecule is CC1CCCCC1Nc1ccc(Cl)c(C(=O)N(C)C)c1. The second kappa shape index (κ2) is 6.49. The zero-order valence-corrected chi connectivity index (χ0v) is 13.2. The van der Waals surface area contributed by atoms with E-state index in [1.165, 1.54) is 25.7 Å². The molecule has 4 heteroatoms. The number of benzene rings is 1. The van der Waals surface area contributed by atoms with Crippen molar-refractivity contribution in [2.75, 3.05) is 19.4 Å². The molecule has 2 atom stereocenters. The van der Waals surface area contributed by atoms with Crippen LogP contribution in [-0.4, -0.2) is 30.9 Å². The van der Waals surface area contributed by atoms with Gasteiger partial charge in [0, 0.05) is 25.8 Å². The molecular formula is C16H23ClN2O. The van der Waals surface area contributed by atoms with Gasteiger partial charge < -0.3 is 10.2 Å². The Morgan fingerprint density at radius 2 is 2.00 bits per heavy atom. The minimum atomic E-state index is -0.0599. The zero-order valence-electron chi connectivity index (χ0n) is 12.4. The summed E-state index contributed by atoms with van der Waals surface area (Å²) in [6.45, 7) is 2.29. The van der Waals surface area contributed by atoms with Gasteiger partial charge in [-0.25, -0.2) is 0 Å². The molecule has 1 aromatic rings. The van der Waals surface area contributed by atoms with E-state index in [0.29, 0.717) is 22.5 Å². The van der Waals surface area contributed by atoms with E-state index in [0.717, 1.165) is 5.69 Å². The first-order valence-electron chi connectivity index (χ1n) is 7.27. The molecule has 1 aliphatic carbocycles. The van der Waals surface area contributed by atoms with Gasteiger partial charge in [0.15, 0.2) is 0 Å². The lowest BCUT2D eigenvalue weighted by Gasteiger charge is -2.30. The molecule has 110 valence electrons. The molecule has 0 radical (unpaired) electrons. The lowest BCUT2D eigenvalue weighted by Crippen LogP contribution is -2.30. The first-order valence-corrected chi connectivity index (χ1v) is 7.64. The third-order valence-corrected chi connectivity index (χ3v) is 4.40. The maximum absolute atomic E-state index is 12.1. The molecule has 1 aliphatic rings. The molecule has 0 saturated heterocycles. The molecule has 3 nitrogen and oxygen atoms in total. The molecule has 1 aromatic carbocycles. The molecule has 20 heavy (non-hydrogen) atoms. The standard InChI is InChI=1S/C16H23ClN2O/c1-11-6-4-5-7-15(11)18-12-8-9-14(17)13(10-12)16(20)19(2)3/h8-11,15,18H,4-7H2,1-3H3. The number of amides is 1. The van der Waals surface area contributed by atoms with Crippen LogP contribution >= 0.6 is 11.6 Å². The number of anilines is 1. The molecule has 2 rings (SSSR count). The summed E-state index contributed by atoms with van der Waals surface area (Å²) in [4.78, 5) is 13.6. The molecule has 2 unspecified atom stereocenters. The summed E-state index contributed by atoms with van der Waals surface area (Å²) in [7, 11) is 3.48. The van der Waals surface area contributed by atoms with Gasteiger partial charge in [-0.05, 0) is 37.0 Å². The number of nitrogens with zero attached hydrogens (tertiary/aromatic N) is 1. The largest absolute Gasteiger partial charge is 0.382 e. The fourth-order valence-electron chi connectivity index (χ4n) is 2.76. The predicted octanol–water partition coefficient (Wildman–Crippen LogP) is 4.03. The van der Waals surface area contributed by atoms with Crippen LogP contribution in [0.3, 0.4) is 0 Å². The minimum absolute atomic E-state index is 0.0599. The summed E-state index contributed by atoms with van der Waals surface area (Å²) in [5, 5.41) is 4.07. The van der Waals surface area contributed by atoms with Crippen molar-refractivity contribution in [1.29, 1.82) is 0 Å². The quantitative estimate of drug-likeness (QED) is 0.913. The highest BCUT2D eigenvalue weighted by atomic mass is 35.5. The van der Waals surface area contributed by atoms with E-state index in [4.69, 9.17) is 11.6 Å². The Hall–Kier alpha value is -1.22. The van der Waals surface area contributed by atoms with Crippen LogP contribution in [0.25, 0.3) is 0 Å². The van der Waals surface area contributed by atoms with Crippen molar-refractivity contribution in [2.45, 2.75) is 38.6 Å². The van der Waals surface area contributed by atoms with Crippen molar-refractivity contribution in [3.05, 3.63) is 28.8 Å². The maximum atomic E-state index is 12.1. The van der Waals surface area contributed by atoms with E-state index >= 15 is 0 Å². The van der Waals surface area contributed by atoms with Crippen LogP contribution in [0.5, 0.6) is 0 Å². The van der Waals surface area contributed by atoms with Gasteiger partial charge in [0.1, 0.15) is 0 Å². The smallest absolute Gasteiger partial charge is 0.254 e. The molecule has 0 heterocycles. The summed E-state index contributed by atoms with van der Waals surface area (Å²) < 4.78 is 0. The number of carbonyl (C=O) groups excluding carboxylic acids is 1. The van der Waals surface area contributed by atoms with Gasteiger partial charge in [0.05, 0.1) is 10.6 Å². The van der Waals surface area contributed by atoms with E-state index in [1.807, 2.05) is 12.1 Å². The first-order chi connectivity index (χ1) is 9.49. The molecule has 1 N–H and O–H groups in total. The fraction of sp³-hybridized carbons (Fsp3) is 0.562. The van der Waals surface area contributed by atoms with E-state index in [1.54, 1.807) is 25.1 Å². The van der Waals surface area contributed by atoms with Crippen molar-refractivity contribution in [3.63, 3.8) is 0 Å². The van der Waals surface area contributed by atoms with Crippen molar-refractivity contribution in [2.24, 2.45) is 5.92 Å². The second-order valence-corrected chi connectivity index (χ2v) is 6.31. The minimum Gasteiger partial charge on any atom is -0.382 e. The van der Waals surface area contributed by atoms with E-state index < -0.39 is 0 Å². The molecule has 1 saturated carbocycles. The number of hydrogen-bond donors (Lipinski definition) is 1. The molecular weight excluding hydrogens is 272 g/mol. The van der Waals surface area contributed by atoms with Crippen molar-refractivity contribution < 1.29 is 4.79 Å². The van der Waals surface area contributed by atoms with E-state index in [2.05, 4.69) is 12.2 Å². The number of nitrogens with one attached hydrogen (secondary N) is 1. The van der Waals surface area contributed by atoms with Crippen LogP contribution < -0.4 is 5.32 Å². The van der Waals surface area contributed by atoms with Gasteiger partial charge in [-0.3, -0.25) is 4.79 Å². The van der Waals surface area contributed by atoms with E-state index in [9.17, 15) is 4.79 Å². The van der Waals surface area contributed by atoms with Gasteiger partial charge in [0.25, 0.3) is 5.91 Å². The first kappa shape index (κ1) is 15.2. The van der Waals surface area contributed by atoms with Gasteiger partial charge in [-0.15, -0.1) is 0 Å². The van der Waals surface area contributed by atoms with Crippen molar-refractivity contribution in [1.82, 2.24) is 4.90 Å². The molecule has 0 bridgehead atoms. The van der Waals surface area contributed by atoms with Crippen LogP contribution in [0.2, 0.25) is 5.02 Å². The Morgan fingerprint density at radius 3 is 2.65 bits per heavy atom. The molecule has 1 amide bonds. The third kappa shape index (κ3) is 3.45. The number of halogens is 1. The monoisotopic (exact) mass is 294 g/mol. The van der Waals surface area contributed by atoms with Crippen molar-refractivity contribution >= 4 is 23.2 Å². The van der Waals surface area contributed by atoms with Gasteiger partial charge in [0.2, 0.25) is 0 Å². The average Bonchev–Trinajstić information content (AvgIpc) is 2.42. The van der Waals surface area contributed by atoms with E-state index in [-0.39, 0.29) is 5.91 Å². The van der Waals surface area contributed by atoms with Gasteiger partial charge >= 0.3 is 0 Å². The van der Waals surface area contributed by atoms with Gasteiger partial charge in [-0.1, -0.05) is 31.4 Å². The average molecular weight is 295 g/mol. The third-order valence-electron chi connectivity index (χ3n) is 4.07. The highest BCUT2D eigenvalue weighted by Crippen LogP contribution is 2.28. The lowest BCUT2D eigenvalue weighted by atomic mass is 9.86. The van der Waals surface area contributed by atoms with Crippen LogP contribution in [0.1, 0.15) is 43.0 Å². The fourth-order valence-corrected chi connectivity index (χ4v) is 2.96. The molecule has 0 spiro atoms. The van der Waals surface area contributed by atoms with Crippen LogP contribution in [0.15, 0.2) is 18.2 Å². The molecule has 1 fully saturated rings. The Morgan fingerprint density at radius 1 is 1.30 bits per heavy atom. The summed E-state index contributed by atoms with van der Waals surface area (Å²) >= 11 is 6.13. The molecule has 0 aliphatic heterocycles. The van der Waals surface area contributed by atoms with Crippen molar-refractivity contribution in [3.8, 4) is 0 Å². The lowest BCUT2D eigenvalue weighted by molar-refractivity contribution is 0.0828. The second-order valence-electron chi connectivity index (χ2n) is 5.91. The zero-order chi connectivity index (χ0) is 14.7.